The van der Waals surface area contributed by atoms with Gasteiger partial charge in [-0.25, -0.2) is 4.79 Å². The lowest BCUT2D eigenvalue weighted by Gasteiger charge is -2.16. The van der Waals surface area contributed by atoms with Gasteiger partial charge in [0, 0.05) is 12.6 Å². The smallest absolute Gasteiger partial charge is 0.338 e. The number of furan rings is 1. The molecule has 0 saturated carbocycles. The molecule has 0 unspecified atom stereocenters. The van der Waals surface area contributed by atoms with Crippen LogP contribution in [-0.2, 0) is 20.9 Å². The highest BCUT2D eigenvalue weighted by Crippen LogP contribution is 2.05. The van der Waals surface area contributed by atoms with E-state index in [1.165, 1.54) is 37.6 Å². The molecule has 1 N–H and O–H groups in total. The fourth-order valence-electron chi connectivity index (χ4n) is 1.98. The fourth-order valence-corrected chi connectivity index (χ4v) is 1.98. The second-order valence-electron chi connectivity index (χ2n) is 5.42. The summed E-state index contributed by atoms with van der Waals surface area (Å²) in [4.78, 5) is 47.3. The summed E-state index contributed by atoms with van der Waals surface area (Å²) in [5.41, 5.74) is 0.653. The van der Waals surface area contributed by atoms with E-state index >= 15 is 0 Å². The van der Waals surface area contributed by atoms with Gasteiger partial charge in [-0.05, 0) is 24.3 Å². The molecule has 0 saturated heterocycles. The lowest BCUT2D eigenvalue weighted by atomic mass is 10.1. The number of nitrogens with zero attached hydrogens (tertiary/aromatic N) is 1. The maximum absolute atomic E-state index is 12.0. The summed E-state index contributed by atoms with van der Waals surface area (Å²) in [5, 5.41) is 2.61. The second-order valence-corrected chi connectivity index (χ2v) is 5.42. The molecule has 8 heteroatoms. The summed E-state index contributed by atoms with van der Waals surface area (Å²) in [6, 6.07) is 9.24. The van der Waals surface area contributed by atoms with Crippen LogP contribution in [0.5, 0.6) is 0 Å². The van der Waals surface area contributed by atoms with E-state index in [0.29, 0.717) is 17.6 Å². The van der Waals surface area contributed by atoms with E-state index < -0.39 is 18.5 Å². The van der Waals surface area contributed by atoms with Crippen molar-refractivity contribution >= 4 is 24.1 Å². The van der Waals surface area contributed by atoms with E-state index in [2.05, 4.69) is 5.32 Å². The van der Waals surface area contributed by atoms with E-state index in [-0.39, 0.29) is 24.6 Å². The molecule has 0 aliphatic carbocycles. The van der Waals surface area contributed by atoms with E-state index in [9.17, 15) is 19.2 Å². The Morgan fingerprint density at radius 3 is 2.54 bits per heavy atom. The molecule has 0 radical (unpaired) electrons. The van der Waals surface area contributed by atoms with Gasteiger partial charge in [0.2, 0.25) is 5.91 Å². The molecule has 0 fully saturated rings. The first kappa shape index (κ1) is 18.9. The number of esters is 1. The van der Waals surface area contributed by atoms with Crippen LogP contribution in [0.3, 0.4) is 0 Å². The van der Waals surface area contributed by atoms with Crippen LogP contribution in [0, 0.1) is 0 Å². The molecule has 136 valence electrons. The number of amides is 2. The van der Waals surface area contributed by atoms with Crippen LogP contribution in [0.25, 0.3) is 0 Å². The molecule has 2 aromatic rings. The van der Waals surface area contributed by atoms with Crippen LogP contribution in [0.1, 0.15) is 26.5 Å². The van der Waals surface area contributed by atoms with Crippen molar-refractivity contribution in [1.29, 1.82) is 0 Å². The van der Waals surface area contributed by atoms with Gasteiger partial charge < -0.3 is 19.4 Å². The molecule has 2 amide bonds. The lowest BCUT2D eigenvalue weighted by Crippen LogP contribution is -2.39. The third-order valence-electron chi connectivity index (χ3n) is 3.46. The molecule has 26 heavy (non-hydrogen) atoms. The zero-order valence-electron chi connectivity index (χ0n) is 14.1. The van der Waals surface area contributed by atoms with E-state index in [1.54, 1.807) is 12.1 Å². The van der Waals surface area contributed by atoms with E-state index in [0.717, 1.165) is 4.90 Å². The molecule has 8 nitrogen and oxygen atoms in total. The molecule has 0 aliphatic rings. The summed E-state index contributed by atoms with van der Waals surface area (Å²) in [7, 11) is 1.43. The van der Waals surface area contributed by atoms with Gasteiger partial charge in [0.1, 0.15) is 12.0 Å². The number of hydrogen-bond donors (Lipinski definition) is 1. The van der Waals surface area contributed by atoms with E-state index in [1.807, 2.05) is 0 Å². The monoisotopic (exact) mass is 358 g/mol. The Bertz CT molecular complexity index is 767. The SMILES string of the molecule is CN(CC(=O)NCc1ccco1)C(=O)COC(=O)c1ccc(C=O)cc1. The van der Waals surface area contributed by atoms with Crippen molar-refractivity contribution in [2.45, 2.75) is 6.54 Å². The first-order valence-electron chi connectivity index (χ1n) is 7.75. The summed E-state index contributed by atoms with van der Waals surface area (Å²) in [6.45, 7) is -0.443. The average Bonchev–Trinajstić information content (AvgIpc) is 3.17. The predicted molar refractivity (Wildman–Crippen MR) is 90.3 cm³/mol. The fraction of sp³-hybridized carbons (Fsp3) is 0.222. The highest BCUT2D eigenvalue weighted by Gasteiger charge is 2.16. The van der Waals surface area contributed by atoms with Gasteiger partial charge in [-0.15, -0.1) is 0 Å². The first-order chi connectivity index (χ1) is 12.5. The number of rotatable bonds is 8. The number of ether oxygens (including phenoxy) is 1. The van der Waals surface area contributed by atoms with Gasteiger partial charge >= 0.3 is 5.97 Å². The Kier molecular flexibility index (Phi) is 6.67. The molecule has 0 aliphatic heterocycles. The van der Waals surface area contributed by atoms with Gasteiger partial charge in [-0.1, -0.05) is 12.1 Å². The van der Waals surface area contributed by atoms with Gasteiger partial charge in [0.25, 0.3) is 5.91 Å². The molecule has 1 aromatic carbocycles. The molecule has 0 bridgehead atoms. The molecule has 0 spiro atoms. The minimum Gasteiger partial charge on any atom is -0.467 e. The van der Waals surface area contributed by atoms with Gasteiger partial charge in [0.05, 0.1) is 24.9 Å². The largest absolute Gasteiger partial charge is 0.467 e. The zero-order chi connectivity index (χ0) is 18.9. The highest BCUT2D eigenvalue weighted by molar-refractivity contribution is 5.92. The lowest BCUT2D eigenvalue weighted by molar-refractivity contribution is -0.137. The van der Waals surface area contributed by atoms with Gasteiger partial charge in [-0.2, -0.15) is 0 Å². The average molecular weight is 358 g/mol. The van der Waals surface area contributed by atoms with Crippen molar-refractivity contribution in [3.63, 3.8) is 0 Å². The Hall–Kier alpha value is -3.42. The van der Waals surface area contributed by atoms with Crippen molar-refractivity contribution in [3.8, 4) is 0 Å². The van der Waals surface area contributed by atoms with Crippen molar-refractivity contribution in [2.24, 2.45) is 0 Å². The van der Waals surface area contributed by atoms with Crippen LogP contribution in [0.15, 0.2) is 47.1 Å². The zero-order valence-corrected chi connectivity index (χ0v) is 14.1. The predicted octanol–water partition coefficient (Wildman–Crippen LogP) is 1.02. The molecule has 0 atom stereocenters. The quantitative estimate of drug-likeness (QED) is 0.558. The normalized spacial score (nSPS) is 10.0. The van der Waals surface area contributed by atoms with Crippen LogP contribution in [0.4, 0.5) is 0 Å². The number of nitrogens with one attached hydrogen (secondary N) is 1. The van der Waals surface area contributed by atoms with Crippen molar-refractivity contribution < 1.29 is 28.3 Å². The molecular formula is C18H18N2O6. The van der Waals surface area contributed by atoms with Crippen LogP contribution in [-0.4, -0.2) is 49.2 Å². The number of likely N-dealkylation sites (N-methyl/N-ethyl adjacent to an activating group) is 1. The summed E-state index contributed by atoms with van der Waals surface area (Å²) in [5.74, 6) is -0.975. The Labute approximate surface area is 149 Å². The third-order valence-corrected chi connectivity index (χ3v) is 3.46. The van der Waals surface area contributed by atoms with Crippen LogP contribution < -0.4 is 5.32 Å². The number of hydrogen-bond acceptors (Lipinski definition) is 6. The minimum atomic E-state index is -0.688. The number of aldehydes is 1. The van der Waals surface area contributed by atoms with Crippen molar-refractivity contribution in [3.05, 3.63) is 59.5 Å². The van der Waals surface area contributed by atoms with Crippen LogP contribution in [0.2, 0.25) is 0 Å². The summed E-state index contributed by atoms with van der Waals surface area (Å²) >= 11 is 0. The summed E-state index contributed by atoms with van der Waals surface area (Å²) < 4.78 is 10.0. The number of benzene rings is 1. The standard InChI is InChI=1S/C18H18N2O6/c1-20(10-16(22)19-9-15-3-2-8-25-15)17(23)12-26-18(24)14-6-4-13(11-21)5-7-14/h2-8,11H,9-10,12H2,1H3,(H,19,22). The van der Waals surface area contributed by atoms with Gasteiger partial charge in [0.15, 0.2) is 6.61 Å². The third kappa shape index (κ3) is 5.59. The maximum Gasteiger partial charge on any atom is 0.338 e. The van der Waals surface area contributed by atoms with E-state index in [4.69, 9.17) is 9.15 Å². The first-order valence-corrected chi connectivity index (χ1v) is 7.75. The van der Waals surface area contributed by atoms with Crippen molar-refractivity contribution in [1.82, 2.24) is 10.2 Å². The number of carbonyl (C=O) groups is 4. The molecule has 1 aromatic heterocycles. The topological polar surface area (TPSA) is 106 Å². The molecule has 2 rings (SSSR count). The molecular weight excluding hydrogens is 340 g/mol. The minimum absolute atomic E-state index is 0.175. The second kappa shape index (κ2) is 9.16. The van der Waals surface area contributed by atoms with Gasteiger partial charge in [-0.3, -0.25) is 14.4 Å². The Morgan fingerprint density at radius 2 is 1.92 bits per heavy atom. The molecule has 1 heterocycles. The maximum atomic E-state index is 12.0. The Morgan fingerprint density at radius 1 is 1.19 bits per heavy atom. The summed E-state index contributed by atoms with van der Waals surface area (Å²) in [6.07, 6.45) is 2.16. The highest BCUT2D eigenvalue weighted by atomic mass is 16.5. The Balaban J connectivity index is 1.74. The van der Waals surface area contributed by atoms with Crippen LogP contribution >= 0.6 is 0 Å². The van der Waals surface area contributed by atoms with Crippen molar-refractivity contribution in [2.75, 3.05) is 20.2 Å². The number of carbonyl (C=O) groups excluding carboxylic acids is 4.